The van der Waals surface area contributed by atoms with E-state index in [1.54, 1.807) is 6.07 Å². The van der Waals surface area contributed by atoms with Gasteiger partial charge < -0.3 is 4.90 Å². The minimum Gasteiger partial charge on any atom is -0.305 e. The molecule has 1 aromatic carbocycles. The summed E-state index contributed by atoms with van der Waals surface area (Å²) in [5.74, 6) is 4.92. The maximum atomic E-state index is 11.5. The fourth-order valence-corrected chi connectivity index (χ4v) is 2.41. The van der Waals surface area contributed by atoms with Gasteiger partial charge in [-0.25, -0.2) is 5.84 Å². The second kappa shape index (κ2) is 6.65. The number of benzene rings is 1. The van der Waals surface area contributed by atoms with Gasteiger partial charge in [-0.15, -0.1) is 0 Å². The normalized spacial score (nSPS) is 18.0. The summed E-state index contributed by atoms with van der Waals surface area (Å²) < 4.78 is 0. The molecule has 0 atom stereocenters. The molecule has 1 amide bonds. The molecule has 0 bridgehead atoms. The predicted molar refractivity (Wildman–Crippen MR) is 75.5 cm³/mol. The molecule has 1 saturated heterocycles. The zero-order valence-corrected chi connectivity index (χ0v) is 11.4. The smallest absolute Gasteiger partial charge is 0.265 e. The summed E-state index contributed by atoms with van der Waals surface area (Å²) in [5, 5.41) is 0. The molecule has 2 rings (SSSR count). The van der Waals surface area contributed by atoms with Gasteiger partial charge in [-0.1, -0.05) is 12.1 Å². The Balaban J connectivity index is 2.00. The van der Waals surface area contributed by atoms with Crippen LogP contribution >= 0.6 is 0 Å². The van der Waals surface area contributed by atoms with E-state index in [0.717, 1.165) is 38.3 Å². The summed E-state index contributed by atoms with van der Waals surface area (Å²) in [6.45, 7) is 5.33. The average molecular weight is 262 g/mol. The molecule has 3 N–H and O–H groups in total. The third-order valence-corrected chi connectivity index (χ3v) is 3.54. The van der Waals surface area contributed by atoms with Crippen molar-refractivity contribution in [2.45, 2.75) is 13.0 Å². The first-order chi connectivity index (χ1) is 9.19. The summed E-state index contributed by atoms with van der Waals surface area (Å²) in [6.07, 6.45) is 1.19. The molecule has 0 saturated carbocycles. The lowest BCUT2D eigenvalue weighted by Crippen LogP contribution is -2.30. The highest BCUT2D eigenvalue weighted by atomic mass is 16.2. The highest BCUT2D eigenvalue weighted by molar-refractivity contribution is 5.93. The van der Waals surface area contributed by atoms with Crippen LogP contribution in [0.1, 0.15) is 22.3 Å². The summed E-state index contributed by atoms with van der Waals surface area (Å²) in [6, 6.07) is 7.66. The third kappa shape index (κ3) is 4.02. The molecule has 0 aliphatic carbocycles. The number of amides is 1. The monoisotopic (exact) mass is 262 g/mol. The van der Waals surface area contributed by atoms with Crippen molar-refractivity contribution in [3.05, 3.63) is 35.4 Å². The Morgan fingerprint density at radius 3 is 2.95 bits per heavy atom. The molecule has 0 unspecified atom stereocenters. The number of hydrogen-bond donors (Lipinski definition) is 2. The Labute approximate surface area is 114 Å². The fraction of sp³-hybridized carbons (Fsp3) is 0.500. The molecule has 104 valence electrons. The minimum absolute atomic E-state index is 0.238. The van der Waals surface area contributed by atoms with Crippen LogP contribution in [-0.4, -0.2) is 48.9 Å². The van der Waals surface area contributed by atoms with Crippen molar-refractivity contribution < 1.29 is 4.79 Å². The number of nitrogen functional groups attached to an aromatic ring is 1. The second-order valence-corrected chi connectivity index (χ2v) is 5.11. The molecular formula is C14H22N4O. The molecule has 1 aliphatic heterocycles. The van der Waals surface area contributed by atoms with Gasteiger partial charge in [0.1, 0.15) is 0 Å². The molecule has 5 heteroatoms. The second-order valence-electron chi connectivity index (χ2n) is 5.11. The van der Waals surface area contributed by atoms with Gasteiger partial charge in [-0.2, -0.15) is 0 Å². The summed E-state index contributed by atoms with van der Waals surface area (Å²) in [7, 11) is 2.16. The van der Waals surface area contributed by atoms with Gasteiger partial charge in [0.15, 0.2) is 0 Å². The van der Waals surface area contributed by atoms with Crippen molar-refractivity contribution in [2.24, 2.45) is 5.84 Å². The Kier molecular flexibility index (Phi) is 4.90. The SMILES string of the molecule is CN1CCCN(Cc2cccc(C(=O)NN)c2)CC1. The summed E-state index contributed by atoms with van der Waals surface area (Å²) >= 11 is 0. The van der Waals surface area contributed by atoms with E-state index in [1.807, 2.05) is 12.1 Å². The highest BCUT2D eigenvalue weighted by Crippen LogP contribution is 2.10. The number of carbonyl (C=O) groups excluding carboxylic acids is 1. The number of nitrogens with two attached hydrogens (primary N) is 1. The minimum atomic E-state index is -0.238. The number of hydrazine groups is 1. The van der Waals surface area contributed by atoms with Crippen LogP contribution in [0.3, 0.4) is 0 Å². The zero-order valence-electron chi connectivity index (χ0n) is 11.4. The van der Waals surface area contributed by atoms with E-state index in [2.05, 4.69) is 28.3 Å². The van der Waals surface area contributed by atoms with Crippen LogP contribution in [0.4, 0.5) is 0 Å². The van der Waals surface area contributed by atoms with E-state index >= 15 is 0 Å². The number of rotatable bonds is 3. The van der Waals surface area contributed by atoms with E-state index in [4.69, 9.17) is 5.84 Å². The Morgan fingerprint density at radius 1 is 1.32 bits per heavy atom. The molecule has 0 spiro atoms. The highest BCUT2D eigenvalue weighted by Gasteiger charge is 2.13. The molecule has 0 aromatic heterocycles. The molecule has 1 aromatic rings. The first kappa shape index (κ1) is 14.0. The van der Waals surface area contributed by atoms with Gasteiger partial charge in [0.05, 0.1) is 0 Å². The number of carbonyl (C=O) groups is 1. The zero-order chi connectivity index (χ0) is 13.7. The molecule has 1 aliphatic rings. The lowest BCUT2D eigenvalue weighted by Gasteiger charge is -2.20. The van der Waals surface area contributed by atoms with Crippen molar-refractivity contribution in [1.82, 2.24) is 15.2 Å². The standard InChI is InChI=1S/C14H22N4O/c1-17-6-3-7-18(9-8-17)11-12-4-2-5-13(10-12)14(19)16-15/h2,4-5,10H,3,6-9,11,15H2,1H3,(H,16,19). The van der Waals surface area contributed by atoms with Crippen LogP contribution in [0, 0.1) is 0 Å². The number of hydrogen-bond acceptors (Lipinski definition) is 4. The average Bonchev–Trinajstić information content (AvgIpc) is 2.63. The predicted octanol–water partition coefficient (Wildman–Crippen LogP) is 0.428. The van der Waals surface area contributed by atoms with Crippen molar-refractivity contribution >= 4 is 5.91 Å². The van der Waals surface area contributed by atoms with Crippen LogP contribution in [-0.2, 0) is 6.54 Å². The molecule has 1 fully saturated rings. The largest absolute Gasteiger partial charge is 0.305 e. The van der Waals surface area contributed by atoms with Crippen LogP contribution < -0.4 is 11.3 Å². The first-order valence-corrected chi connectivity index (χ1v) is 6.70. The molecule has 0 radical (unpaired) electrons. The van der Waals surface area contributed by atoms with E-state index < -0.39 is 0 Å². The van der Waals surface area contributed by atoms with Crippen molar-refractivity contribution in [3.8, 4) is 0 Å². The van der Waals surface area contributed by atoms with Crippen molar-refractivity contribution in [2.75, 3.05) is 33.2 Å². The van der Waals surface area contributed by atoms with Gasteiger partial charge in [0, 0.05) is 25.2 Å². The maximum absolute atomic E-state index is 11.5. The number of nitrogens with one attached hydrogen (secondary N) is 1. The van der Waals surface area contributed by atoms with E-state index in [-0.39, 0.29) is 5.91 Å². The first-order valence-electron chi connectivity index (χ1n) is 6.70. The summed E-state index contributed by atoms with van der Waals surface area (Å²) in [5.41, 5.74) is 3.94. The van der Waals surface area contributed by atoms with Crippen molar-refractivity contribution in [1.29, 1.82) is 0 Å². The number of nitrogens with zero attached hydrogens (tertiary/aromatic N) is 2. The van der Waals surface area contributed by atoms with E-state index in [1.165, 1.54) is 6.42 Å². The molecule has 19 heavy (non-hydrogen) atoms. The fourth-order valence-electron chi connectivity index (χ4n) is 2.41. The van der Waals surface area contributed by atoms with Gasteiger partial charge in [-0.05, 0) is 44.3 Å². The molecular weight excluding hydrogens is 240 g/mol. The maximum Gasteiger partial charge on any atom is 0.265 e. The molecule has 5 nitrogen and oxygen atoms in total. The van der Waals surface area contributed by atoms with Gasteiger partial charge in [-0.3, -0.25) is 15.1 Å². The Bertz CT molecular complexity index is 435. The van der Waals surface area contributed by atoms with Gasteiger partial charge in [0.2, 0.25) is 0 Å². The quantitative estimate of drug-likeness (QED) is 0.471. The lowest BCUT2D eigenvalue weighted by molar-refractivity contribution is 0.0953. The third-order valence-electron chi connectivity index (χ3n) is 3.54. The van der Waals surface area contributed by atoms with Crippen LogP contribution in [0.15, 0.2) is 24.3 Å². The number of likely N-dealkylation sites (N-methyl/N-ethyl adjacent to an activating group) is 1. The lowest BCUT2D eigenvalue weighted by atomic mass is 10.1. The van der Waals surface area contributed by atoms with Crippen molar-refractivity contribution in [3.63, 3.8) is 0 Å². The van der Waals surface area contributed by atoms with Gasteiger partial charge >= 0.3 is 0 Å². The van der Waals surface area contributed by atoms with Crippen LogP contribution in [0.5, 0.6) is 0 Å². The van der Waals surface area contributed by atoms with E-state index in [0.29, 0.717) is 5.56 Å². The van der Waals surface area contributed by atoms with Crippen LogP contribution in [0.2, 0.25) is 0 Å². The van der Waals surface area contributed by atoms with Crippen LogP contribution in [0.25, 0.3) is 0 Å². The topological polar surface area (TPSA) is 61.6 Å². The van der Waals surface area contributed by atoms with E-state index in [9.17, 15) is 4.79 Å². The molecule has 1 heterocycles. The Morgan fingerprint density at radius 2 is 2.16 bits per heavy atom. The van der Waals surface area contributed by atoms with Gasteiger partial charge in [0.25, 0.3) is 5.91 Å². The summed E-state index contributed by atoms with van der Waals surface area (Å²) in [4.78, 5) is 16.3. The Hall–Kier alpha value is -1.43.